The molecule has 1 aliphatic rings. The van der Waals surface area contributed by atoms with Crippen LogP contribution in [0, 0.1) is 5.41 Å². The van der Waals surface area contributed by atoms with Crippen molar-refractivity contribution in [3.8, 4) is 0 Å². The molecular formula is C13H23NO3S. The molecule has 1 aliphatic carbocycles. The van der Waals surface area contributed by atoms with Crippen LogP contribution in [-0.4, -0.2) is 35.0 Å². The van der Waals surface area contributed by atoms with Crippen molar-refractivity contribution in [3.05, 3.63) is 0 Å². The highest BCUT2D eigenvalue weighted by Crippen LogP contribution is 2.41. The van der Waals surface area contributed by atoms with Crippen LogP contribution in [0.1, 0.15) is 45.4 Å². The van der Waals surface area contributed by atoms with Gasteiger partial charge in [-0.3, -0.25) is 9.59 Å². The Morgan fingerprint density at radius 1 is 1.39 bits per heavy atom. The fourth-order valence-electron chi connectivity index (χ4n) is 2.42. The van der Waals surface area contributed by atoms with E-state index in [1.165, 1.54) is 0 Å². The Bertz CT molecular complexity index is 301. The van der Waals surface area contributed by atoms with Crippen molar-refractivity contribution >= 4 is 23.6 Å². The molecule has 0 spiro atoms. The highest BCUT2D eigenvalue weighted by Gasteiger charge is 2.42. The van der Waals surface area contributed by atoms with Gasteiger partial charge in [-0.2, -0.15) is 11.8 Å². The Morgan fingerprint density at radius 2 is 2.00 bits per heavy atom. The van der Waals surface area contributed by atoms with Gasteiger partial charge in [0.1, 0.15) is 0 Å². The van der Waals surface area contributed by atoms with Gasteiger partial charge in [0.15, 0.2) is 0 Å². The van der Waals surface area contributed by atoms with E-state index < -0.39 is 11.4 Å². The summed E-state index contributed by atoms with van der Waals surface area (Å²) in [4.78, 5) is 23.1. The molecule has 0 aliphatic heterocycles. The van der Waals surface area contributed by atoms with Gasteiger partial charge in [-0.15, -0.1) is 0 Å². The molecule has 0 aromatic rings. The minimum absolute atomic E-state index is 0.118. The van der Waals surface area contributed by atoms with Gasteiger partial charge in [0, 0.05) is 18.2 Å². The molecule has 0 heterocycles. The van der Waals surface area contributed by atoms with Gasteiger partial charge in [0.05, 0.1) is 5.41 Å². The second-order valence-corrected chi connectivity index (χ2v) is 6.43. The van der Waals surface area contributed by atoms with Crippen LogP contribution >= 0.6 is 11.8 Å². The van der Waals surface area contributed by atoms with E-state index in [0.717, 1.165) is 19.3 Å². The lowest BCUT2D eigenvalue weighted by Gasteiger charge is -2.23. The van der Waals surface area contributed by atoms with E-state index in [-0.39, 0.29) is 12.3 Å². The van der Waals surface area contributed by atoms with Crippen molar-refractivity contribution < 1.29 is 14.7 Å². The molecule has 0 aromatic carbocycles. The number of rotatable bonds is 7. The number of carbonyl (C=O) groups excluding carboxylic acids is 1. The predicted octanol–water partition coefficient (Wildman–Crippen LogP) is 2.28. The molecule has 1 atom stereocenters. The molecule has 0 aromatic heterocycles. The van der Waals surface area contributed by atoms with Gasteiger partial charge in [0.2, 0.25) is 5.91 Å². The molecule has 1 rings (SSSR count). The standard InChI is InChI=1S/C13H23NO3S/c1-10(18-2)5-8-14-11(15)9-13(12(16)17)6-3-4-7-13/h10H,3-9H2,1-2H3,(H,14,15)(H,16,17). The van der Waals surface area contributed by atoms with Gasteiger partial charge in [-0.1, -0.05) is 19.8 Å². The molecule has 1 fully saturated rings. The third-order valence-electron chi connectivity index (χ3n) is 3.79. The van der Waals surface area contributed by atoms with Crippen LogP contribution in [0.25, 0.3) is 0 Å². The van der Waals surface area contributed by atoms with E-state index in [4.69, 9.17) is 0 Å². The second-order valence-electron chi connectivity index (χ2n) is 5.15. The van der Waals surface area contributed by atoms with Gasteiger partial charge < -0.3 is 10.4 Å². The van der Waals surface area contributed by atoms with E-state index in [0.29, 0.717) is 24.6 Å². The van der Waals surface area contributed by atoms with E-state index in [1.807, 2.05) is 6.26 Å². The number of hydrogen-bond donors (Lipinski definition) is 2. The third-order valence-corrected chi connectivity index (χ3v) is 4.83. The fourth-order valence-corrected chi connectivity index (χ4v) is 2.77. The van der Waals surface area contributed by atoms with Crippen LogP contribution < -0.4 is 5.32 Å². The van der Waals surface area contributed by atoms with Crippen molar-refractivity contribution in [2.45, 2.75) is 50.7 Å². The molecule has 2 N–H and O–H groups in total. The smallest absolute Gasteiger partial charge is 0.310 e. The zero-order chi connectivity index (χ0) is 13.6. The summed E-state index contributed by atoms with van der Waals surface area (Å²) in [5.41, 5.74) is -0.796. The zero-order valence-electron chi connectivity index (χ0n) is 11.2. The first-order valence-corrected chi connectivity index (χ1v) is 7.82. The van der Waals surface area contributed by atoms with Crippen LogP contribution in [0.3, 0.4) is 0 Å². The highest BCUT2D eigenvalue weighted by atomic mass is 32.2. The van der Waals surface area contributed by atoms with Crippen molar-refractivity contribution in [3.63, 3.8) is 0 Å². The lowest BCUT2D eigenvalue weighted by molar-refractivity contribution is -0.151. The molecule has 5 heteroatoms. The number of thioether (sulfide) groups is 1. The van der Waals surface area contributed by atoms with Crippen LogP contribution in [0.2, 0.25) is 0 Å². The molecule has 1 unspecified atom stereocenters. The Morgan fingerprint density at radius 3 is 2.50 bits per heavy atom. The third kappa shape index (κ3) is 4.19. The molecule has 18 heavy (non-hydrogen) atoms. The Balaban J connectivity index is 2.36. The number of carboxylic acids is 1. The number of hydrogen-bond acceptors (Lipinski definition) is 3. The van der Waals surface area contributed by atoms with Crippen LogP contribution in [-0.2, 0) is 9.59 Å². The fraction of sp³-hybridized carbons (Fsp3) is 0.846. The average molecular weight is 273 g/mol. The minimum atomic E-state index is -0.812. The lowest BCUT2D eigenvalue weighted by atomic mass is 9.82. The van der Waals surface area contributed by atoms with E-state index in [2.05, 4.69) is 12.2 Å². The molecule has 104 valence electrons. The molecule has 0 radical (unpaired) electrons. The Kier molecular flexibility index (Phi) is 5.99. The van der Waals surface area contributed by atoms with Gasteiger partial charge in [-0.05, 0) is 25.5 Å². The van der Waals surface area contributed by atoms with Crippen LogP contribution in [0.15, 0.2) is 0 Å². The molecule has 1 saturated carbocycles. The van der Waals surface area contributed by atoms with Crippen molar-refractivity contribution in [1.82, 2.24) is 5.32 Å². The normalized spacial score (nSPS) is 19.4. The van der Waals surface area contributed by atoms with Crippen LogP contribution in [0.4, 0.5) is 0 Å². The maximum Gasteiger partial charge on any atom is 0.310 e. The number of carboxylic acid groups (broad SMARTS) is 1. The molecule has 0 saturated heterocycles. The molecule has 0 bridgehead atoms. The SMILES string of the molecule is CSC(C)CCNC(=O)CC1(C(=O)O)CCCC1. The molecule has 1 amide bonds. The number of aliphatic carboxylic acids is 1. The highest BCUT2D eigenvalue weighted by molar-refractivity contribution is 7.99. The summed E-state index contributed by atoms with van der Waals surface area (Å²) >= 11 is 1.77. The lowest BCUT2D eigenvalue weighted by Crippen LogP contribution is -2.36. The Hall–Kier alpha value is -0.710. The number of nitrogens with one attached hydrogen (secondary N) is 1. The maximum absolute atomic E-state index is 11.8. The monoisotopic (exact) mass is 273 g/mol. The first-order chi connectivity index (χ1) is 8.50. The average Bonchev–Trinajstić information content (AvgIpc) is 2.78. The summed E-state index contributed by atoms with van der Waals surface area (Å²) in [6.07, 6.45) is 6.22. The van der Waals surface area contributed by atoms with Crippen molar-refractivity contribution in [1.29, 1.82) is 0 Å². The largest absolute Gasteiger partial charge is 0.481 e. The summed E-state index contributed by atoms with van der Waals surface area (Å²) in [5, 5.41) is 12.6. The Labute approximate surface area is 113 Å². The summed E-state index contributed by atoms with van der Waals surface area (Å²) in [6, 6.07) is 0. The van der Waals surface area contributed by atoms with Crippen LogP contribution in [0.5, 0.6) is 0 Å². The summed E-state index contributed by atoms with van der Waals surface area (Å²) in [7, 11) is 0. The maximum atomic E-state index is 11.8. The van der Waals surface area contributed by atoms with Crippen molar-refractivity contribution in [2.24, 2.45) is 5.41 Å². The summed E-state index contributed by atoms with van der Waals surface area (Å²) in [5.74, 6) is -0.930. The topological polar surface area (TPSA) is 66.4 Å². The van der Waals surface area contributed by atoms with E-state index in [1.54, 1.807) is 11.8 Å². The van der Waals surface area contributed by atoms with E-state index in [9.17, 15) is 14.7 Å². The van der Waals surface area contributed by atoms with Crippen molar-refractivity contribution in [2.75, 3.05) is 12.8 Å². The zero-order valence-corrected chi connectivity index (χ0v) is 12.0. The quantitative estimate of drug-likeness (QED) is 0.747. The van der Waals surface area contributed by atoms with Gasteiger partial charge in [-0.25, -0.2) is 0 Å². The first kappa shape index (κ1) is 15.3. The van der Waals surface area contributed by atoms with Gasteiger partial charge in [0.25, 0.3) is 0 Å². The number of carbonyl (C=O) groups is 2. The number of amides is 1. The first-order valence-electron chi connectivity index (χ1n) is 6.53. The second kappa shape index (κ2) is 7.02. The summed E-state index contributed by atoms with van der Waals surface area (Å²) in [6.45, 7) is 2.75. The predicted molar refractivity (Wildman–Crippen MR) is 73.8 cm³/mol. The minimum Gasteiger partial charge on any atom is -0.481 e. The van der Waals surface area contributed by atoms with E-state index >= 15 is 0 Å². The molecular weight excluding hydrogens is 250 g/mol. The van der Waals surface area contributed by atoms with Gasteiger partial charge >= 0.3 is 5.97 Å². The summed E-state index contributed by atoms with van der Waals surface area (Å²) < 4.78 is 0. The molecule has 4 nitrogen and oxygen atoms in total.